The molecule has 2 aromatic rings. The normalized spacial score (nSPS) is 22.3. The Bertz CT molecular complexity index is 921. The zero-order valence-corrected chi connectivity index (χ0v) is 17.4. The van der Waals surface area contributed by atoms with E-state index < -0.39 is 5.63 Å². The molecule has 1 aromatic heterocycles. The van der Waals surface area contributed by atoms with Gasteiger partial charge in [0.2, 0.25) is 0 Å². The lowest BCUT2D eigenvalue weighted by Gasteiger charge is -2.30. The summed E-state index contributed by atoms with van der Waals surface area (Å²) in [4.78, 5) is 30.3. The molecule has 0 N–H and O–H groups in total. The molecule has 0 aliphatic carbocycles. The van der Waals surface area contributed by atoms with Gasteiger partial charge in [-0.15, -0.1) is 0 Å². The first-order chi connectivity index (χ1) is 14.0. The van der Waals surface area contributed by atoms with Crippen molar-refractivity contribution in [2.75, 3.05) is 26.7 Å². The Hall–Kier alpha value is -2.40. The second-order valence-electron chi connectivity index (χ2n) is 8.64. The molecular formula is C24H30N2O3. The molecule has 0 radical (unpaired) electrons. The third-order valence-corrected chi connectivity index (χ3v) is 6.43. The predicted molar refractivity (Wildman–Crippen MR) is 113 cm³/mol. The minimum atomic E-state index is -0.499. The van der Waals surface area contributed by atoms with Crippen molar-refractivity contribution in [3.05, 3.63) is 69.3 Å². The zero-order chi connectivity index (χ0) is 20.4. The van der Waals surface area contributed by atoms with Crippen LogP contribution in [-0.2, 0) is 12.8 Å². The van der Waals surface area contributed by atoms with Gasteiger partial charge < -0.3 is 14.2 Å². The smallest absolute Gasteiger partial charge is 0.349 e. The zero-order valence-electron chi connectivity index (χ0n) is 17.4. The van der Waals surface area contributed by atoms with Crippen molar-refractivity contribution in [1.29, 1.82) is 0 Å². The highest BCUT2D eigenvalue weighted by atomic mass is 16.4. The molecular weight excluding hydrogens is 364 g/mol. The van der Waals surface area contributed by atoms with E-state index in [0.717, 1.165) is 37.9 Å². The SMILES string of the molecule is Cc1cc(CCc2ccccc2)oc(=O)c1C(=O)N1C[C@H]2CCC[C@@H](C1)N(C)C2. The molecule has 5 nitrogen and oxygen atoms in total. The monoisotopic (exact) mass is 394 g/mol. The van der Waals surface area contributed by atoms with Crippen LogP contribution in [0.1, 0.15) is 46.5 Å². The van der Waals surface area contributed by atoms with Crippen LogP contribution < -0.4 is 5.63 Å². The lowest BCUT2D eigenvalue weighted by atomic mass is 9.99. The number of amides is 1. The van der Waals surface area contributed by atoms with Crippen molar-refractivity contribution in [3.63, 3.8) is 0 Å². The average molecular weight is 395 g/mol. The summed E-state index contributed by atoms with van der Waals surface area (Å²) in [5, 5.41) is 0. The van der Waals surface area contributed by atoms with E-state index in [0.29, 0.717) is 30.7 Å². The van der Waals surface area contributed by atoms with Crippen molar-refractivity contribution < 1.29 is 9.21 Å². The average Bonchev–Trinajstić information content (AvgIpc) is 2.95. The van der Waals surface area contributed by atoms with Crippen LogP contribution in [-0.4, -0.2) is 48.4 Å². The van der Waals surface area contributed by atoms with Crippen LogP contribution >= 0.6 is 0 Å². The summed E-state index contributed by atoms with van der Waals surface area (Å²) in [6.07, 6.45) is 4.93. The van der Waals surface area contributed by atoms with Gasteiger partial charge in [-0.05, 0) is 56.3 Å². The molecule has 29 heavy (non-hydrogen) atoms. The number of rotatable bonds is 4. The third-order valence-electron chi connectivity index (χ3n) is 6.43. The summed E-state index contributed by atoms with van der Waals surface area (Å²) in [6, 6.07) is 12.4. The van der Waals surface area contributed by atoms with Gasteiger partial charge in [0.25, 0.3) is 5.91 Å². The van der Waals surface area contributed by atoms with E-state index in [-0.39, 0.29) is 11.5 Å². The van der Waals surface area contributed by atoms with Gasteiger partial charge >= 0.3 is 5.63 Å². The molecule has 3 heterocycles. The molecule has 2 saturated heterocycles. The van der Waals surface area contributed by atoms with E-state index in [2.05, 4.69) is 24.1 Å². The van der Waals surface area contributed by atoms with Crippen LogP contribution in [0.3, 0.4) is 0 Å². The molecule has 154 valence electrons. The maximum atomic E-state index is 13.3. The standard InChI is InChI=1S/C24H30N2O3/c1-17-13-21(12-11-18-7-4-3-5-8-18)29-24(28)22(17)23(27)26-15-19-9-6-10-20(16-26)25(2)14-19/h3-5,7-8,13,19-20H,6,9-12,14-16H2,1-2H3/t19-,20-/m0/s1. The first-order valence-electron chi connectivity index (χ1n) is 10.7. The molecule has 0 unspecified atom stereocenters. The lowest BCUT2D eigenvalue weighted by Crippen LogP contribution is -2.43. The second kappa shape index (κ2) is 8.54. The van der Waals surface area contributed by atoms with E-state index in [1.807, 2.05) is 36.1 Å². The fraction of sp³-hybridized carbons (Fsp3) is 0.500. The highest BCUT2D eigenvalue weighted by Gasteiger charge is 2.34. The molecule has 0 spiro atoms. The number of fused-ring (bicyclic) bond motifs is 3. The first kappa shape index (κ1) is 19.9. The number of carbonyl (C=O) groups excluding carboxylic acids is 1. The Morgan fingerprint density at radius 2 is 1.90 bits per heavy atom. The van der Waals surface area contributed by atoms with E-state index in [1.165, 1.54) is 12.0 Å². The van der Waals surface area contributed by atoms with E-state index in [1.54, 1.807) is 0 Å². The van der Waals surface area contributed by atoms with E-state index in [4.69, 9.17) is 4.42 Å². The Labute approximate surface area is 172 Å². The van der Waals surface area contributed by atoms with Gasteiger partial charge in [0, 0.05) is 32.1 Å². The molecule has 1 amide bonds. The van der Waals surface area contributed by atoms with Crippen molar-refractivity contribution in [3.8, 4) is 0 Å². The fourth-order valence-corrected chi connectivity index (χ4v) is 4.82. The fourth-order valence-electron chi connectivity index (χ4n) is 4.82. The third kappa shape index (κ3) is 4.45. The number of aryl methyl sites for hydroxylation is 3. The predicted octanol–water partition coefficient (Wildman–Crippen LogP) is 3.29. The molecule has 0 saturated carbocycles. The Morgan fingerprint density at radius 3 is 2.66 bits per heavy atom. The van der Waals surface area contributed by atoms with Crippen molar-refractivity contribution in [1.82, 2.24) is 9.80 Å². The molecule has 2 aliphatic rings. The minimum absolute atomic E-state index is 0.168. The molecule has 2 atom stereocenters. The van der Waals surface area contributed by atoms with Gasteiger partial charge in [0.05, 0.1) is 0 Å². The topological polar surface area (TPSA) is 53.8 Å². The molecule has 2 bridgehead atoms. The summed E-state index contributed by atoms with van der Waals surface area (Å²) in [6.45, 7) is 4.30. The number of benzene rings is 1. The van der Waals surface area contributed by atoms with Gasteiger partial charge in [0.15, 0.2) is 0 Å². The summed E-state index contributed by atoms with van der Waals surface area (Å²) < 4.78 is 5.56. The Balaban J connectivity index is 1.52. The number of hydrogen-bond donors (Lipinski definition) is 0. The van der Waals surface area contributed by atoms with Crippen molar-refractivity contribution in [2.45, 2.75) is 45.1 Å². The molecule has 4 rings (SSSR count). The van der Waals surface area contributed by atoms with Gasteiger partial charge in [-0.1, -0.05) is 36.8 Å². The van der Waals surface area contributed by atoms with Crippen LogP contribution in [0.15, 0.2) is 45.6 Å². The van der Waals surface area contributed by atoms with E-state index >= 15 is 0 Å². The second-order valence-corrected chi connectivity index (χ2v) is 8.64. The van der Waals surface area contributed by atoms with Crippen LogP contribution in [0.2, 0.25) is 0 Å². The summed E-state index contributed by atoms with van der Waals surface area (Å²) in [7, 11) is 2.15. The Morgan fingerprint density at radius 1 is 1.10 bits per heavy atom. The minimum Gasteiger partial charge on any atom is -0.427 e. The molecule has 2 aliphatic heterocycles. The number of likely N-dealkylation sites (tertiary alicyclic amines) is 1. The number of nitrogens with zero attached hydrogens (tertiary/aromatic N) is 2. The maximum Gasteiger partial charge on any atom is 0.349 e. The lowest BCUT2D eigenvalue weighted by molar-refractivity contribution is 0.0704. The number of likely N-dealkylation sites (N-methyl/N-ethyl adjacent to an activating group) is 1. The van der Waals surface area contributed by atoms with Crippen LogP contribution in [0.25, 0.3) is 0 Å². The summed E-state index contributed by atoms with van der Waals surface area (Å²) >= 11 is 0. The Kier molecular flexibility index (Phi) is 5.86. The largest absolute Gasteiger partial charge is 0.427 e. The summed E-state index contributed by atoms with van der Waals surface area (Å²) in [5.74, 6) is 0.951. The molecule has 1 aromatic carbocycles. The van der Waals surface area contributed by atoms with Gasteiger partial charge in [-0.25, -0.2) is 4.79 Å². The molecule has 5 heteroatoms. The van der Waals surface area contributed by atoms with Gasteiger partial charge in [-0.3, -0.25) is 4.79 Å². The van der Waals surface area contributed by atoms with Gasteiger partial charge in [0.1, 0.15) is 11.3 Å². The van der Waals surface area contributed by atoms with Gasteiger partial charge in [-0.2, -0.15) is 0 Å². The van der Waals surface area contributed by atoms with E-state index in [9.17, 15) is 9.59 Å². The highest BCUT2D eigenvalue weighted by molar-refractivity contribution is 5.95. The number of carbonyl (C=O) groups is 1. The van der Waals surface area contributed by atoms with Crippen molar-refractivity contribution >= 4 is 5.91 Å². The van der Waals surface area contributed by atoms with Crippen LogP contribution in [0, 0.1) is 12.8 Å². The first-order valence-corrected chi connectivity index (χ1v) is 10.7. The van der Waals surface area contributed by atoms with Crippen molar-refractivity contribution in [2.24, 2.45) is 5.92 Å². The van der Waals surface area contributed by atoms with Crippen LogP contribution in [0.4, 0.5) is 0 Å². The summed E-state index contributed by atoms with van der Waals surface area (Å²) in [5.41, 5.74) is 1.63. The molecule has 2 fully saturated rings. The quantitative estimate of drug-likeness (QED) is 0.799. The highest BCUT2D eigenvalue weighted by Crippen LogP contribution is 2.26. The number of hydrogen-bond acceptors (Lipinski definition) is 4. The van der Waals surface area contributed by atoms with Crippen LogP contribution in [0.5, 0.6) is 0 Å². The maximum absolute atomic E-state index is 13.3.